The van der Waals surface area contributed by atoms with E-state index in [4.69, 9.17) is 8.37 Å². The second kappa shape index (κ2) is 18.3. The van der Waals surface area contributed by atoms with Crippen LogP contribution in [0.1, 0.15) is 90.9 Å². The first kappa shape index (κ1) is 19.3. The first-order valence-corrected chi connectivity index (χ1v) is 8.99. The van der Waals surface area contributed by atoms with E-state index in [1.165, 1.54) is 76.5 Å². The standard InChI is InChI=1S/C16H34O2S/c1-3-5-7-9-11-13-15-17-19-18-16-14-12-10-8-6-4-2/h3-16H2,1-2H3. The van der Waals surface area contributed by atoms with Gasteiger partial charge in [0.1, 0.15) is 0 Å². The normalized spacial score (nSPS) is 11.1. The molecule has 0 heterocycles. The lowest BCUT2D eigenvalue weighted by Gasteiger charge is -2.03. The monoisotopic (exact) mass is 290 g/mol. The second-order valence-corrected chi connectivity index (χ2v) is 5.86. The van der Waals surface area contributed by atoms with Crippen LogP contribution in [0.3, 0.4) is 0 Å². The Balaban J connectivity index is 2.88. The Bertz CT molecular complexity index is 138. The fraction of sp³-hybridized carbons (Fsp3) is 1.00. The molecule has 19 heavy (non-hydrogen) atoms. The summed E-state index contributed by atoms with van der Waals surface area (Å²) in [6.07, 6.45) is 15.7. The van der Waals surface area contributed by atoms with Gasteiger partial charge in [-0.05, 0) is 12.8 Å². The van der Waals surface area contributed by atoms with Crippen LogP contribution in [0, 0.1) is 0 Å². The van der Waals surface area contributed by atoms with Gasteiger partial charge in [-0.2, -0.15) is 0 Å². The molecule has 0 N–H and O–H groups in total. The Morgan fingerprint density at radius 2 is 0.895 bits per heavy atom. The Kier molecular flexibility index (Phi) is 18.5. The maximum absolute atomic E-state index is 5.38. The molecule has 2 nitrogen and oxygen atoms in total. The average Bonchev–Trinajstić information content (AvgIpc) is 2.43. The first-order chi connectivity index (χ1) is 9.41. The second-order valence-electron chi connectivity index (χ2n) is 5.25. The molecule has 0 aliphatic carbocycles. The number of rotatable bonds is 16. The summed E-state index contributed by atoms with van der Waals surface area (Å²) in [6, 6.07) is 0. The molecule has 0 saturated carbocycles. The van der Waals surface area contributed by atoms with Gasteiger partial charge in [0.15, 0.2) is 12.3 Å². The first-order valence-electron chi connectivity index (χ1n) is 8.32. The zero-order valence-electron chi connectivity index (χ0n) is 13.1. The summed E-state index contributed by atoms with van der Waals surface area (Å²) in [7, 11) is 0. The van der Waals surface area contributed by atoms with Crippen molar-refractivity contribution < 1.29 is 8.37 Å². The Hall–Kier alpha value is 0.270. The third-order valence-corrected chi connectivity index (χ3v) is 3.78. The molecule has 0 aromatic rings. The lowest BCUT2D eigenvalue weighted by molar-refractivity contribution is 0.274. The van der Waals surface area contributed by atoms with Crippen LogP contribution in [0.5, 0.6) is 0 Å². The van der Waals surface area contributed by atoms with E-state index in [-0.39, 0.29) is 0 Å². The van der Waals surface area contributed by atoms with Gasteiger partial charge in [0.25, 0.3) is 0 Å². The van der Waals surface area contributed by atoms with E-state index >= 15 is 0 Å². The van der Waals surface area contributed by atoms with Crippen LogP contribution < -0.4 is 0 Å². The molecule has 0 aromatic heterocycles. The molecular weight excluding hydrogens is 256 g/mol. The molecule has 0 bridgehead atoms. The summed E-state index contributed by atoms with van der Waals surface area (Å²) in [5.41, 5.74) is 0. The highest BCUT2D eigenvalue weighted by molar-refractivity contribution is 7.89. The summed E-state index contributed by atoms with van der Waals surface area (Å²) < 4.78 is 10.8. The molecule has 0 spiro atoms. The van der Waals surface area contributed by atoms with Gasteiger partial charge in [0.05, 0.1) is 13.2 Å². The Morgan fingerprint density at radius 3 is 1.32 bits per heavy atom. The van der Waals surface area contributed by atoms with Gasteiger partial charge in [-0.3, -0.25) is 8.37 Å². The van der Waals surface area contributed by atoms with E-state index in [2.05, 4.69) is 13.8 Å². The van der Waals surface area contributed by atoms with Crippen molar-refractivity contribution in [1.29, 1.82) is 0 Å². The summed E-state index contributed by atoms with van der Waals surface area (Å²) in [5, 5.41) is 0. The van der Waals surface area contributed by atoms with Crippen LogP contribution in [0.15, 0.2) is 0 Å². The van der Waals surface area contributed by atoms with Crippen molar-refractivity contribution in [2.24, 2.45) is 0 Å². The summed E-state index contributed by atoms with van der Waals surface area (Å²) in [6.45, 7) is 6.16. The van der Waals surface area contributed by atoms with E-state index in [0.29, 0.717) is 0 Å². The van der Waals surface area contributed by atoms with Crippen molar-refractivity contribution in [3.8, 4) is 0 Å². The average molecular weight is 291 g/mol. The fourth-order valence-electron chi connectivity index (χ4n) is 1.98. The molecule has 0 aliphatic rings. The SMILES string of the molecule is CCCCCCCCOSOCCCCCCCC. The van der Waals surface area contributed by atoms with Crippen LogP contribution in [-0.2, 0) is 8.37 Å². The van der Waals surface area contributed by atoms with E-state index in [0.717, 1.165) is 26.1 Å². The van der Waals surface area contributed by atoms with Gasteiger partial charge in [-0.1, -0.05) is 78.1 Å². The van der Waals surface area contributed by atoms with Crippen LogP contribution >= 0.6 is 12.3 Å². The molecule has 0 saturated heterocycles. The van der Waals surface area contributed by atoms with E-state index < -0.39 is 0 Å². The minimum Gasteiger partial charge on any atom is -0.291 e. The number of hydrogen-bond acceptors (Lipinski definition) is 3. The van der Waals surface area contributed by atoms with Crippen molar-refractivity contribution in [2.75, 3.05) is 13.2 Å². The van der Waals surface area contributed by atoms with Gasteiger partial charge >= 0.3 is 0 Å². The van der Waals surface area contributed by atoms with E-state index in [9.17, 15) is 0 Å². The van der Waals surface area contributed by atoms with E-state index in [1.807, 2.05) is 0 Å². The van der Waals surface area contributed by atoms with Gasteiger partial charge in [0.2, 0.25) is 0 Å². The molecule has 0 amide bonds. The maximum atomic E-state index is 5.38. The Morgan fingerprint density at radius 1 is 0.526 bits per heavy atom. The van der Waals surface area contributed by atoms with Crippen LogP contribution in [0.2, 0.25) is 0 Å². The zero-order chi connectivity index (χ0) is 14.0. The van der Waals surface area contributed by atoms with Gasteiger partial charge in [-0.15, -0.1) is 0 Å². The lowest BCUT2D eigenvalue weighted by atomic mass is 10.1. The van der Waals surface area contributed by atoms with Crippen molar-refractivity contribution in [3.63, 3.8) is 0 Å². The van der Waals surface area contributed by atoms with Crippen molar-refractivity contribution in [2.45, 2.75) is 90.9 Å². The zero-order valence-corrected chi connectivity index (χ0v) is 13.9. The van der Waals surface area contributed by atoms with Crippen LogP contribution in [-0.4, -0.2) is 13.2 Å². The van der Waals surface area contributed by atoms with Crippen molar-refractivity contribution >= 4 is 12.3 Å². The van der Waals surface area contributed by atoms with Crippen molar-refractivity contribution in [3.05, 3.63) is 0 Å². The number of hydrogen-bond donors (Lipinski definition) is 0. The molecule has 0 fully saturated rings. The quantitative estimate of drug-likeness (QED) is 0.245. The highest BCUT2D eigenvalue weighted by Gasteiger charge is 1.94. The van der Waals surface area contributed by atoms with Gasteiger partial charge in [0, 0.05) is 0 Å². The molecule has 0 aliphatic heterocycles. The van der Waals surface area contributed by atoms with Gasteiger partial charge in [-0.25, -0.2) is 0 Å². The third-order valence-electron chi connectivity index (χ3n) is 3.26. The molecule has 0 unspecified atom stereocenters. The highest BCUT2D eigenvalue weighted by Crippen LogP contribution is 2.11. The molecular formula is C16H34O2S. The third kappa shape index (κ3) is 18.3. The summed E-state index contributed by atoms with van der Waals surface area (Å²) in [4.78, 5) is 0. The topological polar surface area (TPSA) is 18.5 Å². The largest absolute Gasteiger partial charge is 0.291 e. The molecule has 116 valence electrons. The van der Waals surface area contributed by atoms with Crippen LogP contribution in [0.4, 0.5) is 0 Å². The van der Waals surface area contributed by atoms with Crippen molar-refractivity contribution in [1.82, 2.24) is 0 Å². The molecule has 0 atom stereocenters. The minimum absolute atomic E-state index is 0.827. The van der Waals surface area contributed by atoms with Crippen LogP contribution in [0.25, 0.3) is 0 Å². The molecule has 0 radical (unpaired) electrons. The summed E-state index contributed by atoms with van der Waals surface area (Å²) in [5.74, 6) is 0. The number of unbranched alkanes of at least 4 members (excludes halogenated alkanes) is 10. The maximum Gasteiger partial charge on any atom is 0.158 e. The van der Waals surface area contributed by atoms with E-state index in [1.54, 1.807) is 0 Å². The molecule has 0 rings (SSSR count). The van der Waals surface area contributed by atoms with Gasteiger partial charge < -0.3 is 0 Å². The fourth-order valence-corrected chi connectivity index (χ4v) is 2.42. The highest BCUT2D eigenvalue weighted by atomic mass is 32.2. The molecule has 0 aromatic carbocycles. The smallest absolute Gasteiger partial charge is 0.158 e. The predicted octanol–water partition coefficient (Wildman–Crippen LogP) is 6.30. The molecule has 3 heteroatoms. The lowest BCUT2D eigenvalue weighted by Crippen LogP contribution is -1.91. The summed E-state index contributed by atoms with van der Waals surface area (Å²) >= 11 is 1.19. The predicted molar refractivity (Wildman–Crippen MR) is 86.2 cm³/mol. The Labute approximate surface area is 125 Å². The minimum atomic E-state index is 0.827.